The van der Waals surface area contributed by atoms with Crippen molar-refractivity contribution in [3.8, 4) is 5.69 Å². The molecular formula is C24H28N6O2S. The Morgan fingerprint density at radius 2 is 1.67 bits per heavy atom. The van der Waals surface area contributed by atoms with Crippen LogP contribution in [0, 0.1) is 6.92 Å². The Kier molecular flexibility index (Phi) is 6.98. The summed E-state index contributed by atoms with van der Waals surface area (Å²) in [7, 11) is 3.42. The second-order valence-electron chi connectivity index (χ2n) is 8.26. The number of anilines is 2. The Morgan fingerprint density at radius 1 is 1.00 bits per heavy atom. The number of aryl methyl sites for hydroxylation is 1. The smallest absolute Gasteiger partial charge is 0.253 e. The number of hydrogen-bond acceptors (Lipinski definition) is 6. The van der Waals surface area contributed by atoms with E-state index in [4.69, 9.17) is 0 Å². The number of carbonyl (C=O) groups excluding carboxylic acids is 2. The fraction of sp³-hybridized carbons (Fsp3) is 0.333. The van der Waals surface area contributed by atoms with Crippen LogP contribution in [0.2, 0.25) is 0 Å². The van der Waals surface area contributed by atoms with E-state index in [0.717, 1.165) is 37.6 Å². The lowest BCUT2D eigenvalue weighted by Gasteiger charge is -2.18. The van der Waals surface area contributed by atoms with E-state index < -0.39 is 0 Å². The van der Waals surface area contributed by atoms with E-state index in [-0.39, 0.29) is 17.6 Å². The van der Waals surface area contributed by atoms with Gasteiger partial charge in [-0.25, -0.2) is 0 Å². The molecule has 3 aromatic rings. The Hall–Kier alpha value is -3.33. The number of amides is 2. The molecular weight excluding hydrogens is 436 g/mol. The van der Waals surface area contributed by atoms with Gasteiger partial charge >= 0.3 is 0 Å². The lowest BCUT2D eigenvalue weighted by molar-refractivity contribution is -0.113. The van der Waals surface area contributed by atoms with E-state index in [1.165, 1.54) is 22.2 Å². The normalized spacial score (nSPS) is 13.2. The van der Waals surface area contributed by atoms with Crippen LogP contribution in [0.25, 0.3) is 5.69 Å². The van der Waals surface area contributed by atoms with Crippen LogP contribution in [0.15, 0.2) is 53.7 Å². The molecule has 8 nitrogen and oxygen atoms in total. The van der Waals surface area contributed by atoms with E-state index in [0.29, 0.717) is 16.4 Å². The van der Waals surface area contributed by atoms with Crippen molar-refractivity contribution < 1.29 is 9.59 Å². The molecule has 0 aliphatic carbocycles. The lowest BCUT2D eigenvalue weighted by Crippen LogP contribution is -2.22. The van der Waals surface area contributed by atoms with Crippen molar-refractivity contribution >= 4 is 35.2 Å². The van der Waals surface area contributed by atoms with Crippen LogP contribution in [-0.4, -0.2) is 64.4 Å². The van der Waals surface area contributed by atoms with Crippen LogP contribution in [0.4, 0.5) is 11.6 Å². The topological polar surface area (TPSA) is 83.4 Å². The zero-order valence-corrected chi connectivity index (χ0v) is 19.9. The fourth-order valence-corrected chi connectivity index (χ4v) is 4.43. The predicted octanol–water partition coefficient (Wildman–Crippen LogP) is 3.61. The average molecular weight is 465 g/mol. The number of aromatic nitrogens is 3. The summed E-state index contributed by atoms with van der Waals surface area (Å²) in [4.78, 5) is 28.4. The second-order valence-corrected chi connectivity index (χ2v) is 9.20. The summed E-state index contributed by atoms with van der Waals surface area (Å²) in [6.07, 6.45) is 2.29. The predicted molar refractivity (Wildman–Crippen MR) is 131 cm³/mol. The number of carbonyl (C=O) groups is 2. The molecule has 0 atom stereocenters. The first kappa shape index (κ1) is 22.8. The van der Waals surface area contributed by atoms with Crippen molar-refractivity contribution in [2.45, 2.75) is 24.9 Å². The summed E-state index contributed by atoms with van der Waals surface area (Å²) in [6, 6.07) is 15.1. The molecule has 1 aromatic heterocycles. The van der Waals surface area contributed by atoms with Crippen molar-refractivity contribution in [1.82, 2.24) is 19.7 Å². The number of nitrogens with one attached hydrogen (secondary N) is 1. The van der Waals surface area contributed by atoms with E-state index in [9.17, 15) is 9.59 Å². The molecule has 1 aliphatic heterocycles. The van der Waals surface area contributed by atoms with E-state index >= 15 is 0 Å². The minimum Gasteiger partial charge on any atom is -0.345 e. The van der Waals surface area contributed by atoms with Gasteiger partial charge in [0.2, 0.25) is 11.9 Å². The summed E-state index contributed by atoms with van der Waals surface area (Å²) in [6.45, 7) is 3.98. The van der Waals surface area contributed by atoms with Crippen LogP contribution in [0.3, 0.4) is 0 Å². The first-order valence-electron chi connectivity index (χ1n) is 10.9. The number of rotatable bonds is 7. The van der Waals surface area contributed by atoms with Gasteiger partial charge in [-0.15, -0.1) is 10.2 Å². The molecule has 1 N–H and O–H groups in total. The molecule has 1 aliphatic rings. The Bertz CT molecular complexity index is 1120. The molecule has 33 heavy (non-hydrogen) atoms. The molecule has 1 fully saturated rings. The summed E-state index contributed by atoms with van der Waals surface area (Å²) in [5.41, 5.74) is 3.39. The third-order valence-electron chi connectivity index (χ3n) is 5.45. The van der Waals surface area contributed by atoms with Gasteiger partial charge in [0.05, 0.1) is 11.4 Å². The van der Waals surface area contributed by atoms with Gasteiger partial charge in [-0.2, -0.15) is 0 Å². The van der Waals surface area contributed by atoms with Gasteiger partial charge < -0.3 is 15.1 Å². The molecule has 0 saturated carbocycles. The Balaban J connectivity index is 1.46. The molecule has 2 amide bonds. The third-order valence-corrected chi connectivity index (χ3v) is 6.38. The van der Waals surface area contributed by atoms with Crippen LogP contribution >= 0.6 is 11.8 Å². The van der Waals surface area contributed by atoms with E-state index in [2.05, 4.69) is 51.6 Å². The minimum absolute atomic E-state index is 0.0762. The summed E-state index contributed by atoms with van der Waals surface area (Å²) >= 11 is 1.35. The Morgan fingerprint density at radius 3 is 2.30 bits per heavy atom. The van der Waals surface area contributed by atoms with Gasteiger partial charge in [-0.1, -0.05) is 29.5 Å². The van der Waals surface area contributed by atoms with Crippen molar-refractivity contribution in [1.29, 1.82) is 0 Å². The largest absolute Gasteiger partial charge is 0.345 e. The fourth-order valence-electron chi connectivity index (χ4n) is 3.68. The molecule has 0 unspecified atom stereocenters. The molecule has 1 saturated heterocycles. The summed E-state index contributed by atoms with van der Waals surface area (Å²) in [5.74, 6) is 0.795. The maximum absolute atomic E-state index is 12.6. The number of benzene rings is 2. The van der Waals surface area contributed by atoms with Gasteiger partial charge in [0, 0.05) is 38.4 Å². The molecule has 2 aromatic carbocycles. The molecule has 9 heteroatoms. The zero-order valence-electron chi connectivity index (χ0n) is 19.1. The molecule has 172 valence electrons. The quantitative estimate of drug-likeness (QED) is 0.538. The van der Waals surface area contributed by atoms with Gasteiger partial charge in [0.1, 0.15) is 0 Å². The number of nitrogens with zero attached hydrogens (tertiary/aromatic N) is 5. The van der Waals surface area contributed by atoms with Gasteiger partial charge in [0.15, 0.2) is 5.16 Å². The van der Waals surface area contributed by atoms with Gasteiger partial charge in [0.25, 0.3) is 5.91 Å². The highest BCUT2D eigenvalue weighted by Gasteiger charge is 2.23. The highest BCUT2D eigenvalue weighted by Crippen LogP contribution is 2.28. The van der Waals surface area contributed by atoms with Gasteiger partial charge in [-0.05, 0) is 56.2 Å². The molecule has 0 radical (unpaired) electrons. The molecule has 0 spiro atoms. The maximum Gasteiger partial charge on any atom is 0.253 e. The average Bonchev–Trinajstić information content (AvgIpc) is 3.48. The molecule has 4 rings (SSSR count). The van der Waals surface area contributed by atoms with Crippen LogP contribution in [0.5, 0.6) is 0 Å². The maximum atomic E-state index is 12.6. The highest BCUT2D eigenvalue weighted by atomic mass is 32.2. The molecule has 0 bridgehead atoms. The summed E-state index contributed by atoms with van der Waals surface area (Å²) < 4.78 is 2.03. The van der Waals surface area contributed by atoms with E-state index in [1.54, 1.807) is 38.4 Å². The molecule has 2 heterocycles. The summed E-state index contributed by atoms with van der Waals surface area (Å²) in [5, 5.41) is 12.4. The first-order chi connectivity index (χ1) is 15.9. The van der Waals surface area contributed by atoms with Crippen molar-refractivity contribution in [2.24, 2.45) is 0 Å². The lowest BCUT2D eigenvalue weighted by atomic mass is 10.2. The highest BCUT2D eigenvalue weighted by molar-refractivity contribution is 7.99. The number of thioether (sulfide) groups is 1. The van der Waals surface area contributed by atoms with E-state index in [1.807, 2.05) is 4.57 Å². The van der Waals surface area contributed by atoms with Crippen molar-refractivity contribution in [3.63, 3.8) is 0 Å². The number of hydrogen-bond donors (Lipinski definition) is 1. The van der Waals surface area contributed by atoms with Crippen LogP contribution in [0.1, 0.15) is 28.8 Å². The Labute approximate surface area is 198 Å². The van der Waals surface area contributed by atoms with Gasteiger partial charge in [-0.3, -0.25) is 14.2 Å². The SMILES string of the molecule is Cc1ccc(-n2c(SCC(=O)Nc3ccc(C(=O)N(C)C)cc3)nnc2N2CCCC2)cc1. The third kappa shape index (κ3) is 5.36. The zero-order chi connectivity index (χ0) is 23.4. The van der Waals surface area contributed by atoms with Crippen molar-refractivity contribution in [2.75, 3.05) is 43.2 Å². The van der Waals surface area contributed by atoms with Crippen LogP contribution < -0.4 is 10.2 Å². The van der Waals surface area contributed by atoms with Crippen molar-refractivity contribution in [3.05, 3.63) is 59.7 Å². The monoisotopic (exact) mass is 464 g/mol. The minimum atomic E-state index is -0.145. The second kappa shape index (κ2) is 10.1. The first-order valence-corrected chi connectivity index (χ1v) is 11.9. The standard InChI is InChI=1S/C24H28N6O2S/c1-17-6-12-20(13-7-17)30-23(29-14-4-5-15-29)26-27-24(30)33-16-21(31)25-19-10-8-18(9-11-19)22(32)28(2)3/h6-13H,4-5,14-16H2,1-3H3,(H,25,31). The van der Waals surface area contributed by atoms with Crippen LogP contribution in [-0.2, 0) is 4.79 Å².